The van der Waals surface area contributed by atoms with Crippen molar-refractivity contribution in [1.82, 2.24) is 5.32 Å². The molecule has 1 aliphatic carbocycles. The maximum Gasteiger partial charge on any atom is 0.248 e. The van der Waals surface area contributed by atoms with Crippen LogP contribution in [0, 0.1) is 6.92 Å². The van der Waals surface area contributed by atoms with Gasteiger partial charge in [-0.2, -0.15) is 0 Å². The number of thiophene rings is 1. The Morgan fingerprint density at radius 1 is 1.06 bits per heavy atom. The zero-order valence-corrected chi connectivity index (χ0v) is 21.3. The second-order valence-corrected chi connectivity index (χ2v) is 9.89. The van der Waals surface area contributed by atoms with Crippen LogP contribution in [-0.2, 0) is 16.0 Å². The van der Waals surface area contributed by atoms with Gasteiger partial charge in [0.25, 0.3) is 0 Å². The van der Waals surface area contributed by atoms with Crippen LogP contribution in [0.3, 0.4) is 0 Å². The van der Waals surface area contributed by atoms with Crippen LogP contribution in [0.5, 0.6) is 11.5 Å². The molecule has 2 amide bonds. The average molecular weight is 493 g/mol. The van der Waals surface area contributed by atoms with Crippen molar-refractivity contribution in [3.63, 3.8) is 0 Å². The molecular weight excluding hydrogens is 460 g/mol. The summed E-state index contributed by atoms with van der Waals surface area (Å²) in [6.07, 6.45) is 4.29. The molecular formula is C28H32N2O4S. The van der Waals surface area contributed by atoms with E-state index in [1.807, 2.05) is 48.7 Å². The highest BCUT2D eigenvalue weighted by Crippen LogP contribution is 2.38. The standard InChI is InChI=1S/C28H32N2O4S/c1-19-10-12-20(13-11-19)27(28(32)29-21-7-4-5-8-21)30(26(31)18-23-9-6-16-35-23)24-17-22(33-2)14-15-25(24)34-3/h6,9-17,21,27H,4-5,7-8,18H2,1-3H3,(H,29,32). The van der Waals surface area contributed by atoms with Crippen molar-refractivity contribution >= 4 is 28.8 Å². The van der Waals surface area contributed by atoms with E-state index in [1.165, 1.54) is 11.3 Å². The van der Waals surface area contributed by atoms with Gasteiger partial charge in [-0.15, -0.1) is 11.3 Å². The van der Waals surface area contributed by atoms with Crippen LogP contribution in [-0.4, -0.2) is 32.1 Å². The number of hydrogen-bond donors (Lipinski definition) is 1. The lowest BCUT2D eigenvalue weighted by atomic mass is 10.00. The number of nitrogens with zero attached hydrogens (tertiary/aromatic N) is 1. The molecule has 1 aliphatic rings. The predicted molar refractivity (Wildman–Crippen MR) is 139 cm³/mol. The maximum atomic E-state index is 14.0. The molecule has 1 N–H and O–H groups in total. The minimum Gasteiger partial charge on any atom is -0.497 e. The average Bonchev–Trinajstić information content (AvgIpc) is 3.57. The fourth-order valence-corrected chi connectivity index (χ4v) is 5.26. The highest BCUT2D eigenvalue weighted by Gasteiger charge is 2.36. The summed E-state index contributed by atoms with van der Waals surface area (Å²) >= 11 is 1.52. The summed E-state index contributed by atoms with van der Waals surface area (Å²) in [5.74, 6) is 0.695. The number of methoxy groups -OCH3 is 2. The van der Waals surface area contributed by atoms with Crippen molar-refractivity contribution in [2.24, 2.45) is 0 Å². The number of hydrogen-bond acceptors (Lipinski definition) is 5. The van der Waals surface area contributed by atoms with Gasteiger partial charge in [-0.1, -0.05) is 48.7 Å². The summed E-state index contributed by atoms with van der Waals surface area (Å²) in [5, 5.41) is 5.17. The molecule has 6 nitrogen and oxygen atoms in total. The summed E-state index contributed by atoms with van der Waals surface area (Å²) in [7, 11) is 3.14. The van der Waals surface area contributed by atoms with E-state index in [0.717, 1.165) is 41.7 Å². The van der Waals surface area contributed by atoms with E-state index >= 15 is 0 Å². The first-order chi connectivity index (χ1) is 17.0. The minimum absolute atomic E-state index is 0.122. The molecule has 35 heavy (non-hydrogen) atoms. The van der Waals surface area contributed by atoms with E-state index in [2.05, 4.69) is 5.32 Å². The van der Waals surface area contributed by atoms with Crippen molar-refractivity contribution in [3.05, 3.63) is 76.0 Å². The first-order valence-electron chi connectivity index (χ1n) is 11.9. The number of amides is 2. The third-order valence-electron chi connectivity index (χ3n) is 6.42. The highest BCUT2D eigenvalue weighted by atomic mass is 32.1. The summed E-state index contributed by atoms with van der Waals surface area (Å²) in [6, 6.07) is 16.2. The Hall–Kier alpha value is -3.32. The Bertz CT molecular complexity index is 1140. The number of benzene rings is 2. The van der Waals surface area contributed by atoms with Gasteiger partial charge >= 0.3 is 0 Å². The van der Waals surface area contributed by atoms with E-state index in [9.17, 15) is 9.59 Å². The van der Waals surface area contributed by atoms with Crippen molar-refractivity contribution in [2.75, 3.05) is 19.1 Å². The van der Waals surface area contributed by atoms with E-state index < -0.39 is 6.04 Å². The predicted octanol–water partition coefficient (Wildman–Crippen LogP) is 5.45. The molecule has 0 spiro atoms. The van der Waals surface area contributed by atoms with Gasteiger partial charge < -0.3 is 14.8 Å². The van der Waals surface area contributed by atoms with Gasteiger partial charge in [-0.3, -0.25) is 14.5 Å². The topological polar surface area (TPSA) is 67.9 Å². The Labute approximate surface area is 210 Å². The third-order valence-corrected chi connectivity index (χ3v) is 7.30. The summed E-state index contributed by atoms with van der Waals surface area (Å²) < 4.78 is 11.1. The number of anilines is 1. The molecule has 4 rings (SSSR count). The van der Waals surface area contributed by atoms with Crippen LogP contribution < -0.4 is 19.7 Å². The molecule has 3 aromatic rings. The molecule has 1 heterocycles. The van der Waals surface area contributed by atoms with Gasteiger partial charge in [0.15, 0.2) is 0 Å². The molecule has 1 aromatic heterocycles. The van der Waals surface area contributed by atoms with E-state index in [1.54, 1.807) is 37.3 Å². The van der Waals surface area contributed by atoms with Gasteiger partial charge in [0.1, 0.15) is 17.5 Å². The van der Waals surface area contributed by atoms with Crippen molar-refractivity contribution in [1.29, 1.82) is 0 Å². The quantitative estimate of drug-likeness (QED) is 0.431. The van der Waals surface area contributed by atoms with Gasteiger partial charge in [0.05, 0.1) is 26.3 Å². The molecule has 0 aliphatic heterocycles. The smallest absolute Gasteiger partial charge is 0.248 e. The zero-order valence-electron chi connectivity index (χ0n) is 20.5. The van der Waals surface area contributed by atoms with Gasteiger partial charge in [0, 0.05) is 17.0 Å². The fourth-order valence-electron chi connectivity index (χ4n) is 4.57. The number of carbonyl (C=O) groups excluding carboxylic acids is 2. The summed E-state index contributed by atoms with van der Waals surface area (Å²) in [6.45, 7) is 2.00. The SMILES string of the molecule is COc1ccc(OC)c(N(C(=O)Cc2cccs2)C(C(=O)NC2CCCC2)c2ccc(C)cc2)c1. The lowest BCUT2D eigenvalue weighted by Crippen LogP contribution is -2.47. The van der Waals surface area contributed by atoms with Crippen LogP contribution in [0.4, 0.5) is 5.69 Å². The Kier molecular flexibility index (Phi) is 8.08. The first-order valence-corrected chi connectivity index (χ1v) is 12.8. The Balaban J connectivity index is 1.83. The van der Waals surface area contributed by atoms with Crippen molar-refractivity contribution in [2.45, 2.75) is 51.1 Å². The Morgan fingerprint density at radius 2 is 1.80 bits per heavy atom. The van der Waals surface area contributed by atoms with Crippen molar-refractivity contribution < 1.29 is 19.1 Å². The number of aryl methyl sites for hydroxylation is 1. The summed E-state index contributed by atoms with van der Waals surface area (Å²) in [4.78, 5) is 30.4. The molecule has 0 saturated heterocycles. The number of nitrogens with one attached hydrogen (secondary N) is 1. The fraction of sp³-hybridized carbons (Fsp3) is 0.357. The minimum atomic E-state index is -0.857. The lowest BCUT2D eigenvalue weighted by molar-refractivity contribution is -0.127. The van der Waals surface area contributed by atoms with Gasteiger partial charge in [0.2, 0.25) is 11.8 Å². The monoisotopic (exact) mass is 492 g/mol. The zero-order chi connectivity index (χ0) is 24.8. The van der Waals surface area contributed by atoms with Crippen LogP contribution in [0.1, 0.15) is 47.7 Å². The first kappa shape index (κ1) is 24.8. The Morgan fingerprint density at radius 3 is 2.43 bits per heavy atom. The second-order valence-electron chi connectivity index (χ2n) is 8.86. The molecule has 184 valence electrons. The van der Waals surface area contributed by atoms with E-state index in [4.69, 9.17) is 9.47 Å². The molecule has 0 bridgehead atoms. The van der Waals surface area contributed by atoms with Crippen molar-refractivity contribution in [3.8, 4) is 11.5 Å². The summed E-state index contributed by atoms with van der Waals surface area (Å²) in [5.41, 5.74) is 2.33. The number of ether oxygens (including phenoxy) is 2. The normalized spacial score (nSPS) is 14.4. The van der Waals surface area contributed by atoms with Crippen LogP contribution in [0.2, 0.25) is 0 Å². The molecule has 1 unspecified atom stereocenters. The number of rotatable bonds is 9. The largest absolute Gasteiger partial charge is 0.497 e. The molecule has 1 fully saturated rings. The molecule has 1 saturated carbocycles. The second kappa shape index (κ2) is 11.4. The van der Waals surface area contributed by atoms with E-state index in [-0.39, 0.29) is 24.3 Å². The number of carbonyl (C=O) groups is 2. The molecule has 7 heteroatoms. The third kappa shape index (κ3) is 5.85. The van der Waals surface area contributed by atoms with Crippen LogP contribution in [0.25, 0.3) is 0 Å². The molecule has 1 atom stereocenters. The molecule has 0 radical (unpaired) electrons. The lowest BCUT2D eigenvalue weighted by Gasteiger charge is -2.33. The molecule has 2 aromatic carbocycles. The van der Waals surface area contributed by atoms with Gasteiger partial charge in [-0.25, -0.2) is 0 Å². The van der Waals surface area contributed by atoms with Crippen LogP contribution in [0.15, 0.2) is 60.0 Å². The maximum absolute atomic E-state index is 14.0. The van der Waals surface area contributed by atoms with E-state index in [0.29, 0.717) is 17.2 Å². The van der Waals surface area contributed by atoms with Crippen LogP contribution >= 0.6 is 11.3 Å². The van der Waals surface area contributed by atoms with Gasteiger partial charge in [-0.05, 0) is 48.9 Å². The highest BCUT2D eigenvalue weighted by molar-refractivity contribution is 7.10.